The summed E-state index contributed by atoms with van der Waals surface area (Å²) in [6.45, 7) is 0.378. The Kier molecular flexibility index (Phi) is 6.73. The third-order valence-electron chi connectivity index (χ3n) is 6.24. The second-order valence-electron chi connectivity index (χ2n) is 8.65. The van der Waals surface area contributed by atoms with Crippen LogP contribution in [0.3, 0.4) is 0 Å². The number of nitro groups is 1. The fraction of sp³-hybridized carbons (Fsp3) is 0.103. The highest BCUT2D eigenvalue weighted by atomic mass is 16.6. The molecule has 0 radical (unpaired) electrons. The van der Waals surface area contributed by atoms with Gasteiger partial charge in [-0.05, 0) is 47.5 Å². The van der Waals surface area contributed by atoms with Crippen molar-refractivity contribution < 1.29 is 28.8 Å². The number of hydrogen-bond donors (Lipinski definition) is 1. The largest absolute Gasteiger partial charge is 0.507 e. The normalized spacial score (nSPS) is 16.5. The van der Waals surface area contributed by atoms with Gasteiger partial charge in [0.25, 0.3) is 17.4 Å². The molecule has 1 aromatic heterocycles. The van der Waals surface area contributed by atoms with E-state index in [1.54, 1.807) is 36.4 Å². The van der Waals surface area contributed by atoms with E-state index in [0.717, 1.165) is 5.56 Å². The zero-order valence-corrected chi connectivity index (χ0v) is 20.0. The first-order chi connectivity index (χ1) is 18.4. The number of nitrogens with zero attached hydrogens (tertiary/aromatic N) is 2. The highest BCUT2D eigenvalue weighted by Crippen LogP contribution is 2.41. The van der Waals surface area contributed by atoms with E-state index in [-0.39, 0.29) is 23.4 Å². The molecule has 3 aromatic carbocycles. The Morgan fingerprint density at radius 1 is 0.947 bits per heavy atom. The lowest BCUT2D eigenvalue weighted by Crippen LogP contribution is -2.29. The molecule has 5 rings (SSSR count). The van der Waals surface area contributed by atoms with Crippen molar-refractivity contribution in [3.05, 3.63) is 135 Å². The second-order valence-corrected chi connectivity index (χ2v) is 8.65. The van der Waals surface area contributed by atoms with Crippen molar-refractivity contribution in [2.45, 2.75) is 19.2 Å². The highest BCUT2D eigenvalue weighted by molar-refractivity contribution is 6.46. The topological polar surface area (TPSA) is 123 Å². The molecule has 1 aliphatic heterocycles. The molecule has 2 heterocycles. The predicted molar refractivity (Wildman–Crippen MR) is 137 cm³/mol. The summed E-state index contributed by atoms with van der Waals surface area (Å²) >= 11 is 0. The molecule has 0 saturated carbocycles. The smallest absolute Gasteiger partial charge is 0.296 e. The van der Waals surface area contributed by atoms with Crippen molar-refractivity contribution in [3.63, 3.8) is 0 Å². The minimum Gasteiger partial charge on any atom is -0.507 e. The summed E-state index contributed by atoms with van der Waals surface area (Å²) in [5, 5.41) is 22.2. The molecular formula is C29H22N2O7. The molecule has 4 aromatic rings. The lowest BCUT2D eigenvalue weighted by Gasteiger charge is -2.24. The van der Waals surface area contributed by atoms with Crippen molar-refractivity contribution >= 4 is 23.1 Å². The van der Waals surface area contributed by atoms with E-state index in [0.29, 0.717) is 23.7 Å². The Morgan fingerprint density at radius 3 is 2.29 bits per heavy atom. The number of ketones is 1. The van der Waals surface area contributed by atoms with Crippen LogP contribution in [0.25, 0.3) is 5.76 Å². The third kappa shape index (κ3) is 4.90. The third-order valence-corrected chi connectivity index (χ3v) is 6.24. The Morgan fingerprint density at radius 2 is 1.66 bits per heavy atom. The molecule has 1 atom stereocenters. The molecule has 9 heteroatoms. The summed E-state index contributed by atoms with van der Waals surface area (Å²) in [6.07, 6.45) is 1.47. The van der Waals surface area contributed by atoms with Crippen LogP contribution < -0.4 is 4.74 Å². The van der Waals surface area contributed by atoms with E-state index in [9.17, 15) is 24.8 Å². The number of benzene rings is 3. The van der Waals surface area contributed by atoms with Gasteiger partial charge in [0.2, 0.25) is 0 Å². The summed E-state index contributed by atoms with van der Waals surface area (Å²) in [5.74, 6) is -1.01. The summed E-state index contributed by atoms with van der Waals surface area (Å²) < 4.78 is 11.3. The number of aliphatic hydroxyl groups is 1. The summed E-state index contributed by atoms with van der Waals surface area (Å²) in [6, 6.07) is 24.2. The zero-order chi connectivity index (χ0) is 26.6. The van der Waals surface area contributed by atoms with Gasteiger partial charge in [0, 0.05) is 17.7 Å². The van der Waals surface area contributed by atoms with Crippen molar-refractivity contribution in [1.29, 1.82) is 0 Å². The van der Waals surface area contributed by atoms with Crippen LogP contribution in [0.5, 0.6) is 5.75 Å². The van der Waals surface area contributed by atoms with Crippen molar-refractivity contribution in [3.8, 4) is 5.75 Å². The van der Waals surface area contributed by atoms with Gasteiger partial charge in [0.15, 0.2) is 0 Å². The summed E-state index contributed by atoms with van der Waals surface area (Å²) in [4.78, 5) is 38.1. The van der Waals surface area contributed by atoms with Gasteiger partial charge < -0.3 is 19.2 Å². The van der Waals surface area contributed by atoms with Crippen LogP contribution in [0.1, 0.15) is 28.5 Å². The molecule has 38 heavy (non-hydrogen) atoms. The Hall–Kier alpha value is -5.18. The van der Waals surface area contributed by atoms with Crippen LogP contribution in [0.2, 0.25) is 0 Å². The van der Waals surface area contributed by atoms with E-state index in [4.69, 9.17) is 9.15 Å². The minimum atomic E-state index is -0.918. The number of rotatable bonds is 8. The zero-order valence-electron chi connectivity index (χ0n) is 20.0. The average Bonchev–Trinajstić information content (AvgIpc) is 3.55. The monoisotopic (exact) mass is 510 g/mol. The quantitative estimate of drug-likeness (QED) is 0.111. The Balaban J connectivity index is 1.50. The molecule has 0 aliphatic carbocycles. The molecule has 1 N–H and O–H groups in total. The average molecular weight is 511 g/mol. The van der Waals surface area contributed by atoms with Crippen molar-refractivity contribution in [1.82, 2.24) is 4.90 Å². The molecule has 1 amide bonds. The number of nitro benzene ring substituents is 1. The van der Waals surface area contributed by atoms with Crippen LogP contribution >= 0.6 is 0 Å². The predicted octanol–water partition coefficient (Wildman–Crippen LogP) is 5.39. The Bertz CT molecular complexity index is 1490. The fourth-order valence-electron chi connectivity index (χ4n) is 4.34. The number of non-ortho nitro benzene ring substituents is 1. The number of hydrogen-bond acceptors (Lipinski definition) is 7. The summed E-state index contributed by atoms with van der Waals surface area (Å²) in [7, 11) is 0. The van der Waals surface area contributed by atoms with Crippen LogP contribution in [0, 0.1) is 10.1 Å². The van der Waals surface area contributed by atoms with Gasteiger partial charge in [-0.25, -0.2) is 0 Å². The van der Waals surface area contributed by atoms with E-state index in [1.165, 1.54) is 35.4 Å². The van der Waals surface area contributed by atoms with E-state index < -0.39 is 28.4 Å². The number of Topliss-reactive ketones (excluding diaryl/α,β-unsaturated/α-hetero) is 1. The first-order valence-electron chi connectivity index (χ1n) is 11.7. The molecule has 0 spiro atoms. The lowest BCUT2D eigenvalue weighted by molar-refractivity contribution is -0.384. The molecule has 1 fully saturated rings. The van der Waals surface area contributed by atoms with Gasteiger partial charge >= 0.3 is 0 Å². The van der Waals surface area contributed by atoms with Crippen LogP contribution in [-0.2, 0) is 22.7 Å². The maximum atomic E-state index is 13.2. The van der Waals surface area contributed by atoms with Gasteiger partial charge in [-0.3, -0.25) is 19.7 Å². The van der Waals surface area contributed by atoms with E-state index in [2.05, 4.69) is 0 Å². The molecule has 1 aliphatic rings. The molecule has 9 nitrogen and oxygen atoms in total. The van der Waals surface area contributed by atoms with Gasteiger partial charge in [0.05, 0.1) is 29.3 Å². The van der Waals surface area contributed by atoms with Crippen molar-refractivity contribution in [2.75, 3.05) is 0 Å². The van der Waals surface area contributed by atoms with Crippen LogP contribution in [0.4, 0.5) is 5.69 Å². The molecule has 1 saturated heterocycles. The molecule has 1 unspecified atom stereocenters. The summed E-state index contributed by atoms with van der Waals surface area (Å²) in [5.41, 5.74) is 1.48. The maximum Gasteiger partial charge on any atom is 0.296 e. The number of ether oxygens (including phenoxy) is 1. The standard InChI is InChI=1S/C29H22N2O7/c32-27(21-8-12-22(13-9-21)31(35)36)25-26(30(29(34)28(25)33)17-24-7-4-16-37-24)20-10-14-23(15-11-20)38-18-19-5-2-1-3-6-19/h1-16,26,32H,17-18H2/b27-25-. The van der Waals surface area contributed by atoms with E-state index in [1.807, 2.05) is 30.3 Å². The second kappa shape index (κ2) is 10.4. The fourth-order valence-corrected chi connectivity index (χ4v) is 4.34. The lowest BCUT2D eigenvalue weighted by atomic mass is 9.95. The highest BCUT2D eigenvalue weighted by Gasteiger charge is 2.46. The van der Waals surface area contributed by atoms with Crippen LogP contribution in [0.15, 0.2) is 107 Å². The Labute approximate surface area is 217 Å². The number of aliphatic hydroxyl groups excluding tert-OH is 1. The van der Waals surface area contributed by atoms with E-state index >= 15 is 0 Å². The maximum absolute atomic E-state index is 13.2. The minimum absolute atomic E-state index is 0.00550. The number of furan rings is 1. The first-order valence-corrected chi connectivity index (χ1v) is 11.7. The SMILES string of the molecule is O=C1C(=O)N(Cc2ccco2)C(c2ccc(OCc3ccccc3)cc2)/C1=C(/O)c1ccc([N+](=O)[O-])cc1. The van der Waals surface area contributed by atoms with Gasteiger partial charge in [-0.15, -0.1) is 0 Å². The molecule has 190 valence electrons. The number of carbonyl (C=O) groups excluding carboxylic acids is 2. The number of amides is 1. The van der Waals surface area contributed by atoms with Gasteiger partial charge in [0.1, 0.15) is 23.9 Å². The number of likely N-dealkylation sites (tertiary alicyclic amines) is 1. The van der Waals surface area contributed by atoms with Gasteiger partial charge in [-0.1, -0.05) is 42.5 Å². The number of carbonyl (C=O) groups is 2. The van der Waals surface area contributed by atoms with Gasteiger partial charge in [-0.2, -0.15) is 0 Å². The van der Waals surface area contributed by atoms with Crippen LogP contribution in [-0.4, -0.2) is 26.6 Å². The first kappa shape index (κ1) is 24.5. The molecule has 0 bridgehead atoms. The molecular weight excluding hydrogens is 488 g/mol. The van der Waals surface area contributed by atoms with Crippen molar-refractivity contribution in [2.24, 2.45) is 0 Å².